The molecule has 0 fully saturated rings. The van der Waals surface area contributed by atoms with Gasteiger partial charge in [-0.2, -0.15) is 0 Å². The fraction of sp³-hybridized carbons (Fsp3) is 1.00. The van der Waals surface area contributed by atoms with Crippen molar-refractivity contribution in [2.75, 3.05) is 0 Å². The highest BCUT2D eigenvalue weighted by molar-refractivity contribution is 4.72. The third-order valence-corrected chi connectivity index (χ3v) is 2.50. The number of nitrogens with one attached hydrogen (secondary N) is 1. The maximum absolute atomic E-state index is 5.45. The number of hydrogen-bond donors (Lipinski definition) is 2. The monoisotopic (exact) mass is 158 g/mol. The van der Waals surface area contributed by atoms with Crippen LogP contribution in [0.5, 0.6) is 0 Å². The van der Waals surface area contributed by atoms with Crippen LogP contribution in [-0.4, -0.2) is 6.04 Å². The van der Waals surface area contributed by atoms with Crippen LogP contribution in [0.1, 0.15) is 40.5 Å². The van der Waals surface area contributed by atoms with Crippen LogP contribution < -0.4 is 11.3 Å². The van der Waals surface area contributed by atoms with Crippen LogP contribution in [0.3, 0.4) is 0 Å². The Morgan fingerprint density at radius 2 is 1.82 bits per heavy atom. The molecule has 0 radical (unpaired) electrons. The number of nitrogens with two attached hydrogens (primary N) is 1. The van der Waals surface area contributed by atoms with Crippen molar-refractivity contribution in [3.05, 3.63) is 0 Å². The molecule has 2 heteroatoms. The smallest absolute Gasteiger partial charge is 0.0238 e. The fourth-order valence-electron chi connectivity index (χ4n) is 1.27. The largest absolute Gasteiger partial charge is 0.271 e. The van der Waals surface area contributed by atoms with Crippen LogP contribution in [0.25, 0.3) is 0 Å². The second-order valence-electron chi connectivity index (χ2n) is 3.66. The third kappa shape index (κ3) is 3.73. The summed E-state index contributed by atoms with van der Waals surface area (Å²) in [6.07, 6.45) is 2.38. The van der Waals surface area contributed by atoms with Crippen molar-refractivity contribution >= 4 is 0 Å². The molecule has 0 spiro atoms. The van der Waals surface area contributed by atoms with E-state index in [1.54, 1.807) is 0 Å². The van der Waals surface area contributed by atoms with Gasteiger partial charge >= 0.3 is 0 Å². The molecule has 2 nitrogen and oxygen atoms in total. The second kappa shape index (κ2) is 5.56. The quantitative estimate of drug-likeness (QED) is 0.474. The van der Waals surface area contributed by atoms with Gasteiger partial charge in [0, 0.05) is 6.04 Å². The van der Waals surface area contributed by atoms with E-state index in [1.165, 1.54) is 12.8 Å². The van der Waals surface area contributed by atoms with Gasteiger partial charge in [-0.25, -0.2) is 0 Å². The molecule has 2 unspecified atom stereocenters. The Balaban J connectivity index is 3.81. The molecule has 0 saturated carbocycles. The van der Waals surface area contributed by atoms with Crippen LogP contribution in [0.2, 0.25) is 0 Å². The van der Waals surface area contributed by atoms with Gasteiger partial charge in [0.2, 0.25) is 0 Å². The van der Waals surface area contributed by atoms with Gasteiger partial charge in [-0.05, 0) is 18.3 Å². The van der Waals surface area contributed by atoms with Crippen LogP contribution in [0.4, 0.5) is 0 Å². The highest BCUT2D eigenvalue weighted by Crippen LogP contribution is 2.17. The fourth-order valence-corrected chi connectivity index (χ4v) is 1.27. The van der Waals surface area contributed by atoms with E-state index in [9.17, 15) is 0 Å². The number of rotatable bonds is 5. The molecule has 3 N–H and O–H groups in total. The molecule has 0 aliphatic heterocycles. The van der Waals surface area contributed by atoms with Gasteiger partial charge in [-0.15, -0.1) is 0 Å². The molecule has 68 valence electrons. The minimum absolute atomic E-state index is 0.486. The van der Waals surface area contributed by atoms with E-state index in [-0.39, 0.29) is 0 Å². The lowest BCUT2D eigenvalue weighted by Crippen LogP contribution is -2.41. The van der Waals surface area contributed by atoms with E-state index in [2.05, 4.69) is 33.1 Å². The molecule has 0 aliphatic carbocycles. The van der Waals surface area contributed by atoms with E-state index in [0.29, 0.717) is 17.9 Å². The van der Waals surface area contributed by atoms with Crippen LogP contribution in [-0.2, 0) is 0 Å². The summed E-state index contributed by atoms with van der Waals surface area (Å²) in [5.74, 6) is 6.82. The minimum Gasteiger partial charge on any atom is -0.271 e. The van der Waals surface area contributed by atoms with E-state index < -0.39 is 0 Å². The van der Waals surface area contributed by atoms with Gasteiger partial charge in [0.25, 0.3) is 0 Å². The van der Waals surface area contributed by atoms with Crippen molar-refractivity contribution in [2.45, 2.75) is 46.6 Å². The predicted molar refractivity (Wildman–Crippen MR) is 50.0 cm³/mol. The molecule has 0 aromatic rings. The normalized spacial score (nSPS) is 16.9. The predicted octanol–water partition coefficient (Wildman–Crippen LogP) is 1.91. The average Bonchev–Trinajstić information content (AvgIpc) is 1.98. The third-order valence-electron chi connectivity index (χ3n) is 2.50. The molecular weight excluding hydrogens is 136 g/mol. The molecule has 0 aliphatic rings. The first-order valence-electron chi connectivity index (χ1n) is 4.59. The summed E-state index contributed by atoms with van der Waals surface area (Å²) in [7, 11) is 0. The van der Waals surface area contributed by atoms with Gasteiger partial charge in [0.15, 0.2) is 0 Å². The molecule has 11 heavy (non-hydrogen) atoms. The molecule has 0 aromatic carbocycles. The topological polar surface area (TPSA) is 38.0 Å². The van der Waals surface area contributed by atoms with Crippen molar-refractivity contribution in [1.29, 1.82) is 0 Å². The lowest BCUT2D eigenvalue weighted by Gasteiger charge is -2.25. The summed E-state index contributed by atoms with van der Waals surface area (Å²) in [5, 5.41) is 0. The maximum atomic E-state index is 5.45. The summed E-state index contributed by atoms with van der Waals surface area (Å²) in [4.78, 5) is 0. The highest BCUT2D eigenvalue weighted by atomic mass is 15.2. The number of hydrazine groups is 1. The summed E-state index contributed by atoms with van der Waals surface area (Å²) >= 11 is 0. The molecule has 0 saturated heterocycles. The average molecular weight is 158 g/mol. The summed E-state index contributed by atoms with van der Waals surface area (Å²) in [6, 6.07) is 0.486. The van der Waals surface area contributed by atoms with E-state index in [1.807, 2.05) is 0 Å². The Kier molecular flexibility index (Phi) is 5.51. The molecule has 2 atom stereocenters. The zero-order valence-electron chi connectivity index (χ0n) is 8.22. The Labute approximate surface area is 70.5 Å². The minimum atomic E-state index is 0.486. The zero-order chi connectivity index (χ0) is 8.85. The van der Waals surface area contributed by atoms with Crippen molar-refractivity contribution in [3.8, 4) is 0 Å². The lowest BCUT2D eigenvalue weighted by molar-refractivity contribution is 0.286. The lowest BCUT2D eigenvalue weighted by atomic mass is 9.88. The van der Waals surface area contributed by atoms with E-state index >= 15 is 0 Å². The Bertz CT molecular complexity index is 91.6. The van der Waals surface area contributed by atoms with Crippen molar-refractivity contribution in [1.82, 2.24) is 5.43 Å². The maximum Gasteiger partial charge on any atom is 0.0238 e. The Morgan fingerprint density at radius 1 is 1.27 bits per heavy atom. The van der Waals surface area contributed by atoms with Gasteiger partial charge in [-0.1, -0.05) is 34.1 Å². The van der Waals surface area contributed by atoms with E-state index in [0.717, 1.165) is 0 Å². The van der Waals surface area contributed by atoms with Crippen LogP contribution in [0, 0.1) is 11.8 Å². The first-order valence-corrected chi connectivity index (χ1v) is 4.59. The highest BCUT2D eigenvalue weighted by Gasteiger charge is 2.17. The zero-order valence-corrected chi connectivity index (χ0v) is 8.22. The first-order chi connectivity index (χ1) is 5.13. The summed E-state index contributed by atoms with van der Waals surface area (Å²) < 4.78 is 0. The van der Waals surface area contributed by atoms with Crippen LogP contribution >= 0.6 is 0 Å². The molecular formula is C9H22N2. The van der Waals surface area contributed by atoms with Crippen molar-refractivity contribution < 1.29 is 0 Å². The van der Waals surface area contributed by atoms with Gasteiger partial charge < -0.3 is 0 Å². The van der Waals surface area contributed by atoms with Gasteiger partial charge in [-0.3, -0.25) is 11.3 Å². The molecule has 0 heterocycles. The molecule has 0 amide bonds. The van der Waals surface area contributed by atoms with Gasteiger partial charge in [0.1, 0.15) is 0 Å². The van der Waals surface area contributed by atoms with E-state index in [4.69, 9.17) is 5.84 Å². The SMILES string of the molecule is CCCC(NN)C(C)C(C)C. The summed E-state index contributed by atoms with van der Waals surface area (Å²) in [6.45, 7) is 8.93. The molecule has 0 bridgehead atoms. The van der Waals surface area contributed by atoms with Crippen molar-refractivity contribution in [2.24, 2.45) is 17.7 Å². The Hall–Kier alpha value is -0.0800. The Morgan fingerprint density at radius 3 is 2.09 bits per heavy atom. The van der Waals surface area contributed by atoms with Crippen molar-refractivity contribution in [3.63, 3.8) is 0 Å². The van der Waals surface area contributed by atoms with Crippen LogP contribution in [0.15, 0.2) is 0 Å². The first kappa shape index (κ1) is 10.9. The van der Waals surface area contributed by atoms with Gasteiger partial charge in [0.05, 0.1) is 0 Å². The standard InChI is InChI=1S/C9H22N2/c1-5-6-9(11-10)8(4)7(2)3/h7-9,11H,5-6,10H2,1-4H3. The molecule has 0 aromatic heterocycles. The number of hydrogen-bond acceptors (Lipinski definition) is 2. The second-order valence-corrected chi connectivity index (χ2v) is 3.66. The molecule has 0 rings (SSSR count). The summed E-state index contributed by atoms with van der Waals surface area (Å²) in [5.41, 5.74) is 2.88.